The van der Waals surface area contributed by atoms with Crippen molar-refractivity contribution in [3.8, 4) is 0 Å². The average molecular weight is 304 g/mol. The zero-order chi connectivity index (χ0) is 15.6. The van der Waals surface area contributed by atoms with Crippen molar-refractivity contribution < 1.29 is 4.79 Å². The molecular weight excluding hydrogens is 284 g/mol. The van der Waals surface area contributed by atoms with Crippen molar-refractivity contribution in [1.82, 2.24) is 9.47 Å². The first kappa shape index (κ1) is 15.5. The molecular formula is C16H20N2O2S. The largest absolute Gasteiger partial charge is 0.340 e. The van der Waals surface area contributed by atoms with Gasteiger partial charge in [-0.25, -0.2) is 0 Å². The predicted molar refractivity (Wildman–Crippen MR) is 85.7 cm³/mol. The van der Waals surface area contributed by atoms with Gasteiger partial charge in [-0.15, -0.1) is 0 Å². The first-order chi connectivity index (χ1) is 9.88. The molecule has 2 aromatic rings. The van der Waals surface area contributed by atoms with Crippen molar-refractivity contribution in [3.05, 3.63) is 55.6 Å². The smallest absolute Gasteiger partial charge is 0.307 e. The molecule has 0 bridgehead atoms. The Kier molecular flexibility index (Phi) is 4.63. The second kappa shape index (κ2) is 6.26. The van der Waals surface area contributed by atoms with E-state index in [0.717, 1.165) is 22.6 Å². The van der Waals surface area contributed by atoms with E-state index in [4.69, 9.17) is 0 Å². The van der Waals surface area contributed by atoms with Crippen LogP contribution in [-0.4, -0.2) is 22.4 Å². The van der Waals surface area contributed by atoms with Crippen LogP contribution in [-0.2, 0) is 17.9 Å². The third-order valence-electron chi connectivity index (χ3n) is 3.60. The molecule has 1 aromatic carbocycles. The fraction of sp³-hybridized carbons (Fsp3) is 0.375. The molecule has 21 heavy (non-hydrogen) atoms. The molecule has 0 saturated heterocycles. The third-order valence-corrected chi connectivity index (χ3v) is 4.48. The van der Waals surface area contributed by atoms with Crippen LogP contribution in [0.25, 0.3) is 0 Å². The Balaban J connectivity index is 2.08. The Labute approximate surface area is 128 Å². The van der Waals surface area contributed by atoms with E-state index >= 15 is 0 Å². The van der Waals surface area contributed by atoms with Crippen molar-refractivity contribution in [2.24, 2.45) is 0 Å². The number of thiazole rings is 1. The molecule has 5 heteroatoms. The molecule has 0 saturated carbocycles. The molecule has 0 aliphatic heterocycles. The maximum Gasteiger partial charge on any atom is 0.307 e. The summed E-state index contributed by atoms with van der Waals surface area (Å²) >= 11 is 1.13. The number of carbonyl (C=O) groups excluding carboxylic acids is 1. The van der Waals surface area contributed by atoms with Crippen LogP contribution in [0.3, 0.4) is 0 Å². The Morgan fingerprint density at radius 2 is 2.00 bits per heavy atom. The van der Waals surface area contributed by atoms with Gasteiger partial charge in [-0.2, -0.15) is 0 Å². The predicted octanol–water partition coefficient (Wildman–Crippen LogP) is 2.49. The summed E-state index contributed by atoms with van der Waals surface area (Å²) in [7, 11) is 1.77. The number of aromatic nitrogens is 1. The van der Waals surface area contributed by atoms with E-state index in [2.05, 4.69) is 19.1 Å². The van der Waals surface area contributed by atoms with Gasteiger partial charge in [0.1, 0.15) is 6.54 Å². The highest BCUT2D eigenvalue weighted by molar-refractivity contribution is 7.07. The van der Waals surface area contributed by atoms with E-state index in [1.165, 1.54) is 15.7 Å². The Bertz CT molecular complexity index is 715. The van der Waals surface area contributed by atoms with Crippen molar-refractivity contribution in [3.63, 3.8) is 0 Å². The normalized spacial score (nSPS) is 10.7. The number of benzene rings is 1. The molecule has 0 radical (unpaired) electrons. The van der Waals surface area contributed by atoms with Gasteiger partial charge in [0.05, 0.1) is 0 Å². The lowest BCUT2D eigenvalue weighted by molar-refractivity contribution is -0.131. The van der Waals surface area contributed by atoms with Crippen LogP contribution in [0.4, 0.5) is 0 Å². The zero-order valence-corrected chi connectivity index (χ0v) is 13.7. The molecule has 112 valence electrons. The van der Waals surface area contributed by atoms with Crippen LogP contribution in [0.2, 0.25) is 0 Å². The van der Waals surface area contributed by atoms with Crippen LogP contribution >= 0.6 is 11.3 Å². The van der Waals surface area contributed by atoms with E-state index in [0.29, 0.717) is 6.54 Å². The fourth-order valence-electron chi connectivity index (χ4n) is 2.22. The monoisotopic (exact) mass is 304 g/mol. The number of hydrogen-bond acceptors (Lipinski definition) is 3. The number of likely N-dealkylation sites (N-methyl/N-ethyl adjacent to an activating group) is 1. The first-order valence-corrected chi connectivity index (χ1v) is 7.71. The van der Waals surface area contributed by atoms with Crippen molar-refractivity contribution in [2.45, 2.75) is 33.9 Å². The number of rotatable bonds is 4. The standard InChI is InChI=1S/C16H20N2O2S/c1-11-5-6-14(12(2)7-11)8-17(4)15(19)9-18-13(3)10-21-16(18)20/h5-7,10H,8-9H2,1-4H3. The minimum Gasteiger partial charge on any atom is -0.340 e. The summed E-state index contributed by atoms with van der Waals surface area (Å²) in [6.07, 6.45) is 0. The number of hydrogen-bond donors (Lipinski definition) is 0. The lowest BCUT2D eigenvalue weighted by Gasteiger charge is -2.19. The number of nitrogens with zero attached hydrogens (tertiary/aromatic N) is 2. The van der Waals surface area contributed by atoms with Crippen LogP contribution in [0.15, 0.2) is 28.4 Å². The molecule has 0 aliphatic rings. The highest BCUT2D eigenvalue weighted by Gasteiger charge is 2.13. The number of aryl methyl sites for hydroxylation is 3. The number of carbonyl (C=O) groups is 1. The highest BCUT2D eigenvalue weighted by Crippen LogP contribution is 2.13. The molecule has 4 nitrogen and oxygen atoms in total. The second-order valence-corrected chi connectivity index (χ2v) is 6.23. The molecule has 0 fully saturated rings. The van der Waals surface area contributed by atoms with Crippen molar-refractivity contribution in [2.75, 3.05) is 7.05 Å². The molecule has 1 aromatic heterocycles. The molecule has 0 aliphatic carbocycles. The van der Waals surface area contributed by atoms with Gasteiger partial charge in [0.2, 0.25) is 5.91 Å². The molecule has 1 heterocycles. The highest BCUT2D eigenvalue weighted by atomic mass is 32.1. The Morgan fingerprint density at radius 3 is 2.57 bits per heavy atom. The summed E-state index contributed by atoms with van der Waals surface area (Å²) in [6.45, 7) is 6.61. The van der Waals surface area contributed by atoms with E-state index < -0.39 is 0 Å². The van der Waals surface area contributed by atoms with Crippen LogP contribution in [0.5, 0.6) is 0 Å². The molecule has 1 amide bonds. The van der Waals surface area contributed by atoms with Gasteiger partial charge in [0, 0.05) is 24.7 Å². The lowest BCUT2D eigenvalue weighted by atomic mass is 10.1. The SMILES string of the molecule is Cc1ccc(CN(C)C(=O)Cn2c(C)csc2=O)c(C)c1. The van der Waals surface area contributed by atoms with Gasteiger partial charge < -0.3 is 4.90 Å². The van der Waals surface area contributed by atoms with E-state index in [1.54, 1.807) is 17.3 Å². The van der Waals surface area contributed by atoms with Gasteiger partial charge >= 0.3 is 4.87 Å². The minimum absolute atomic E-state index is 0.0569. The quantitative estimate of drug-likeness (QED) is 0.871. The topological polar surface area (TPSA) is 42.3 Å². The molecule has 0 atom stereocenters. The molecule has 0 N–H and O–H groups in total. The van der Waals surface area contributed by atoms with Crippen molar-refractivity contribution in [1.29, 1.82) is 0 Å². The molecule has 2 rings (SSSR count). The first-order valence-electron chi connectivity index (χ1n) is 6.83. The molecule has 0 spiro atoms. The summed E-state index contributed by atoms with van der Waals surface area (Å²) in [5.41, 5.74) is 4.35. The van der Waals surface area contributed by atoms with Gasteiger partial charge in [-0.1, -0.05) is 35.1 Å². The van der Waals surface area contributed by atoms with Crippen LogP contribution in [0.1, 0.15) is 22.4 Å². The molecule has 0 unspecified atom stereocenters. The summed E-state index contributed by atoms with van der Waals surface area (Å²) in [4.78, 5) is 25.5. The summed E-state index contributed by atoms with van der Waals surface area (Å²) in [5.74, 6) is -0.0569. The zero-order valence-electron chi connectivity index (χ0n) is 12.8. The van der Waals surface area contributed by atoms with Gasteiger partial charge in [0.15, 0.2) is 0 Å². The third kappa shape index (κ3) is 3.61. The minimum atomic E-state index is -0.0826. The van der Waals surface area contributed by atoms with Gasteiger partial charge in [0.25, 0.3) is 0 Å². The average Bonchev–Trinajstić information content (AvgIpc) is 2.73. The fourth-order valence-corrected chi connectivity index (χ4v) is 2.95. The maximum absolute atomic E-state index is 12.3. The van der Waals surface area contributed by atoms with Gasteiger partial charge in [-0.05, 0) is 31.9 Å². The van der Waals surface area contributed by atoms with Crippen LogP contribution < -0.4 is 4.87 Å². The van der Waals surface area contributed by atoms with Gasteiger partial charge in [-0.3, -0.25) is 14.2 Å². The lowest BCUT2D eigenvalue weighted by Crippen LogP contribution is -2.32. The number of amides is 1. The van der Waals surface area contributed by atoms with Crippen molar-refractivity contribution >= 4 is 17.2 Å². The van der Waals surface area contributed by atoms with Crippen LogP contribution in [0, 0.1) is 20.8 Å². The Morgan fingerprint density at radius 1 is 1.29 bits per heavy atom. The summed E-state index contributed by atoms with van der Waals surface area (Å²) in [5, 5.41) is 1.78. The van der Waals surface area contributed by atoms with E-state index in [1.807, 2.05) is 19.9 Å². The summed E-state index contributed by atoms with van der Waals surface area (Å²) < 4.78 is 1.52. The maximum atomic E-state index is 12.3. The van der Waals surface area contributed by atoms with E-state index in [-0.39, 0.29) is 17.3 Å². The Hall–Kier alpha value is -1.88. The van der Waals surface area contributed by atoms with E-state index in [9.17, 15) is 9.59 Å². The second-order valence-electron chi connectivity index (χ2n) is 5.41. The summed E-state index contributed by atoms with van der Waals surface area (Å²) in [6, 6.07) is 6.21.